The molecule has 0 radical (unpaired) electrons. The zero-order chi connectivity index (χ0) is 13.7. The van der Waals surface area contributed by atoms with Crippen molar-refractivity contribution in [1.82, 2.24) is 10.2 Å². The van der Waals surface area contributed by atoms with Gasteiger partial charge >= 0.3 is 0 Å². The fourth-order valence-corrected chi connectivity index (χ4v) is 3.49. The van der Waals surface area contributed by atoms with Crippen LogP contribution in [0.2, 0.25) is 0 Å². The Morgan fingerprint density at radius 2 is 2.05 bits per heavy atom. The van der Waals surface area contributed by atoms with Gasteiger partial charge in [0.2, 0.25) is 5.91 Å². The molecule has 110 valence electrons. The number of nitrogens with zero attached hydrogens (tertiary/aromatic N) is 1. The second kappa shape index (κ2) is 6.68. The van der Waals surface area contributed by atoms with Crippen LogP contribution in [0.5, 0.6) is 0 Å². The highest BCUT2D eigenvalue weighted by molar-refractivity contribution is 5.76. The lowest BCUT2D eigenvalue weighted by molar-refractivity contribution is -0.131. The van der Waals surface area contributed by atoms with Gasteiger partial charge in [-0.2, -0.15) is 0 Å². The monoisotopic (exact) mass is 270 g/mol. The highest BCUT2D eigenvalue weighted by atomic mass is 16.5. The van der Waals surface area contributed by atoms with Gasteiger partial charge in [-0.05, 0) is 31.3 Å². The Morgan fingerprint density at radius 1 is 1.32 bits per heavy atom. The standard InChI is InChI=1S/C14H26N2O3/c1-18-8-3-13(17)16-9-12(10-19-2)14(11-16)4-6-15-7-5-14/h12,15H,3-11H2,1-2H3. The molecule has 2 saturated heterocycles. The minimum Gasteiger partial charge on any atom is -0.384 e. The summed E-state index contributed by atoms with van der Waals surface area (Å²) >= 11 is 0. The van der Waals surface area contributed by atoms with E-state index in [0.29, 0.717) is 18.9 Å². The Bertz CT molecular complexity index is 303. The quantitative estimate of drug-likeness (QED) is 0.790. The Morgan fingerprint density at radius 3 is 2.68 bits per heavy atom. The average Bonchev–Trinajstić information content (AvgIpc) is 2.76. The van der Waals surface area contributed by atoms with Crippen molar-refractivity contribution in [3.8, 4) is 0 Å². The van der Waals surface area contributed by atoms with Gasteiger partial charge in [0.1, 0.15) is 0 Å². The van der Waals surface area contributed by atoms with Crippen LogP contribution in [0.4, 0.5) is 0 Å². The molecule has 5 heteroatoms. The van der Waals surface area contributed by atoms with Gasteiger partial charge in [-0.25, -0.2) is 0 Å². The van der Waals surface area contributed by atoms with E-state index in [-0.39, 0.29) is 11.3 Å². The first-order valence-corrected chi connectivity index (χ1v) is 7.18. The van der Waals surface area contributed by atoms with Gasteiger partial charge in [-0.15, -0.1) is 0 Å². The minimum absolute atomic E-state index is 0.221. The second-order valence-electron chi connectivity index (χ2n) is 5.78. The molecule has 0 aromatic carbocycles. The highest BCUT2D eigenvalue weighted by Crippen LogP contribution is 2.43. The Kier molecular flexibility index (Phi) is 5.19. The average molecular weight is 270 g/mol. The van der Waals surface area contributed by atoms with Gasteiger partial charge in [-0.3, -0.25) is 4.79 Å². The Labute approximate surface area is 115 Å². The van der Waals surface area contributed by atoms with E-state index < -0.39 is 0 Å². The summed E-state index contributed by atoms with van der Waals surface area (Å²) in [6.07, 6.45) is 2.79. The van der Waals surface area contributed by atoms with Crippen molar-refractivity contribution in [2.45, 2.75) is 19.3 Å². The van der Waals surface area contributed by atoms with Crippen molar-refractivity contribution in [2.24, 2.45) is 11.3 Å². The summed E-state index contributed by atoms with van der Waals surface area (Å²) in [6.45, 7) is 5.12. The number of piperidine rings is 1. The van der Waals surface area contributed by atoms with Gasteiger partial charge < -0.3 is 19.7 Å². The normalized spacial score (nSPS) is 26.0. The van der Waals surface area contributed by atoms with Crippen molar-refractivity contribution in [3.63, 3.8) is 0 Å². The summed E-state index contributed by atoms with van der Waals surface area (Å²) in [4.78, 5) is 14.2. The zero-order valence-corrected chi connectivity index (χ0v) is 12.1. The van der Waals surface area contributed by atoms with E-state index in [0.717, 1.165) is 45.6 Å². The van der Waals surface area contributed by atoms with Gasteiger partial charge in [0.15, 0.2) is 0 Å². The lowest BCUT2D eigenvalue weighted by Gasteiger charge is -2.38. The van der Waals surface area contributed by atoms with Crippen molar-refractivity contribution in [1.29, 1.82) is 0 Å². The summed E-state index contributed by atoms with van der Waals surface area (Å²) in [6, 6.07) is 0. The number of hydrogen-bond donors (Lipinski definition) is 1. The number of methoxy groups -OCH3 is 2. The first-order chi connectivity index (χ1) is 9.22. The predicted octanol–water partition coefficient (Wildman–Crippen LogP) is 0.498. The SMILES string of the molecule is COCCC(=O)N1CC(COC)C2(CCNCC2)C1. The first kappa shape index (κ1) is 14.8. The van der Waals surface area contributed by atoms with E-state index in [1.807, 2.05) is 4.90 Å². The molecule has 0 aromatic rings. The molecule has 1 amide bonds. The van der Waals surface area contributed by atoms with E-state index in [4.69, 9.17) is 9.47 Å². The molecule has 2 rings (SSSR count). The minimum atomic E-state index is 0.221. The van der Waals surface area contributed by atoms with Crippen LogP contribution < -0.4 is 5.32 Å². The Balaban J connectivity index is 2.00. The molecule has 2 aliphatic rings. The number of likely N-dealkylation sites (tertiary alicyclic amines) is 1. The molecule has 1 atom stereocenters. The second-order valence-corrected chi connectivity index (χ2v) is 5.78. The third-order valence-corrected chi connectivity index (χ3v) is 4.65. The molecular weight excluding hydrogens is 244 g/mol. The van der Waals surface area contributed by atoms with Gasteiger partial charge in [0.25, 0.3) is 0 Å². The van der Waals surface area contributed by atoms with E-state index in [1.54, 1.807) is 14.2 Å². The summed E-state index contributed by atoms with van der Waals surface area (Å²) in [5.74, 6) is 0.699. The molecule has 2 fully saturated rings. The predicted molar refractivity (Wildman–Crippen MR) is 73.0 cm³/mol. The van der Waals surface area contributed by atoms with E-state index in [2.05, 4.69) is 5.32 Å². The lowest BCUT2D eigenvalue weighted by Crippen LogP contribution is -2.43. The third kappa shape index (κ3) is 3.27. The fourth-order valence-electron chi connectivity index (χ4n) is 3.49. The van der Waals surface area contributed by atoms with Crippen LogP contribution in [0.15, 0.2) is 0 Å². The maximum atomic E-state index is 12.2. The molecule has 1 spiro atoms. The first-order valence-electron chi connectivity index (χ1n) is 7.18. The summed E-state index contributed by atoms with van der Waals surface area (Å²) in [5, 5.41) is 3.41. The van der Waals surface area contributed by atoms with Crippen LogP contribution >= 0.6 is 0 Å². The molecule has 0 saturated carbocycles. The van der Waals surface area contributed by atoms with Crippen LogP contribution in [0.25, 0.3) is 0 Å². The van der Waals surface area contributed by atoms with Crippen LogP contribution in [-0.4, -0.2) is 64.4 Å². The van der Waals surface area contributed by atoms with Crippen molar-refractivity contribution >= 4 is 5.91 Å². The van der Waals surface area contributed by atoms with Crippen LogP contribution in [0, 0.1) is 11.3 Å². The maximum Gasteiger partial charge on any atom is 0.224 e. The number of hydrogen-bond acceptors (Lipinski definition) is 4. The Hall–Kier alpha value is -0.650. The third-order valence-electron chi connectivity index (χ3n) is 4.65. The van der Waals surface area contributed by atoms with Gasteiger partial charge in [-0.1, -0.05) is 0 Å². The van der Waals surface area contributed by atoms with E-state index >= 15 is 0 Å². The molecule has 0 bridgehead atoms. The molecule has 1 N–H and O–H groups in total. The number of rotatable bonds is 5. The summed E-state index contributed by atoms with van der Waals surface area (Å²) in [7, 11) is 3.39. The van der Waals surface area contributed by atoms with Crippen LogP contribution in [-0.2, 0) is 14.3 Å². The van der Waals surface area contributed by atoms with E-state index in [1.165, 1.54) is 0 Å². The van der Waals surface area contributed by atoms with Crippen molar-refractivity contribution in [2.75, 3.05) is 53.6 Å². The van der Waals surface area contributed by atoms with Gasteiger partial charge in [0, 0.05) is 33.2 Å². The number of carbonyl (C=O) groups is 1. The number of amides is 1. The topological polar surface area (TPSA) is 50.8 Å². The molecule has 5 nitrogen and oxygen atoms in total. The number of carbonyl (C=O) groups excluding carboxylic acids is 1. The molecule has 2 heterocycles. The molecule has 0 aliphatic carbocycles. The molecule has 2 aliphatic heterocycles. The summed E-state index contributed by atoms with van der Waals surface area (Å²) < 4.78 is 10.4. The van der Waals surface area contributed by atoms with Crippen LogP contribution in [0.3, 0.4) is 0 Å². The largest absolute Gasteiger partial charge is 0.384 e. The molecule has 1 unspecified atom stereocenters. The summed E-state index contributed by atoms with van der Waals surface area (Å²) in [5.41, 5.74) is 0.268. The number of nitrogens with one attached hydrogen (secondary N) is 1. The zero-order valence-electron chi connectivity index (χ0n) is 12.1. The smallest absolute Gasteiger partial charge is 0.224 e. The molecule has 19 heavy (non-hydrogen) atoms. The van der Waals surface area contributed by atoms with Crippen molar-refractivity contribution < 1.29 is 14.3 Å². The van der Waals surface area contributed by atoms with Crippen molar-refractivity contribution in [3.05, 3.63) is 0 Å². The van der Waals surface area contributed by atoms with Crippen LogP contribution in [0.1, 0.15) is 19.3 Å². The fraction of sp³-hybridized carbons (Fsp3) is 0.929. The molecule has 0 aromatic heterocycles. The highest BCUT2D eigenvalue weighted by Gasteiger charge is 2.47. The number of ether oxygens (including phenoxy) is 2. The van der Waals surface area contributed by atoms with E-state index in [9.17, 15) is 4.79 Å². The lowest BCUT2D eigenvalue weighted by atomic mass is 9.71. The van der Waals surface area contributed by atoms with Gasteiger partial charge in [0.05, 0.1) is 19.6 Å². The maximum absolute atomic E-state index is 12.2. The molecular formula is C14H26N2O3.